The molecule has 1 nitrogen and oxygen atoms in total. The lowest BCUT2D eigenvalue weighted by atomic mass is 10.1. The van der Waals surface area contributed by atoms with Crippen molar-refractivity contribution in [3.05, 3.63) is 29.1 Å². The maximum Gasteiger partial charge on any atom is 0.0407 e. The Morgan fingerprint density at radius 3 is 2.50 bits per heavy atom. The summed E-state index contributed by atoms with van der Waals surface area (Å²) in [5.74, 6) is 0. The zero-order chi connectivity index (χ0) is 8.97. The molecular formula is C11H17N. The molecule has 0 saturated heterocycles. The first-order valence-electron chi connectivity index (χ1n) is 4.73. The Hall–Kier alpha value is -0.850. The van der Waals surface area contributed by atoms with Gasteiger partial charge in [-0.2, -0.15) is 0 Å². The van der Waals surface area contributed by atoms with Crippen LogP contribution in [0.3, 0.4) is 0 Å². The monoisotopic (exact) mass is 163 g/mol. The summed E-state index contributed by atoms with van der Waals surface area (Å²) in [5.41, 5.74) is 3.80. The Morgan fingerprint density at radius 1 is 1.25 bits per heavy atom. The molecule has 12 heavy (non-hydrogen) atoms. The van der Waals surface area contributed by atoms with Gasteiger partial charge in [-0.05, 0) is 31.4 Å². The maximum atomic E-state index is 4.53. The molecule has 1 aromatic heterocycles. The van der Waals surface area contributed by atoms with Crippen molar-refractivity contribution in [3.8, 4) is 0 Å². The molecule has 0 aliphatic carbocycles. The second-order valence-corrected chi connectivity index (χ2v) is 3.15. The molecule has 0 amide bonds. The third kappa shape index (κ3) is 2.07. The molecule has 1 heterocycles. The van der Waals surface area contributed by atoms with E-state index >= 15 is 0 Å². The number of pyridine rings is 1. The molecule has 0 aliphatic rings. The van der Waals surface area contributed by atoms with E-state index in [1.54, 1.807) is 0 Å². The van der Waals surface area contributed by atoms with Crippen LogP contribution >= 0.6 is 0 Å². The molecule has 0 aromatic carbocycles. The molecule has 1 aromatic rings. The minimum atomic E-state index is 1.09. The van der Waals surface area contributed by atoms with Crippen LogP contribution in [-0.4, -0.2) is 4.98 Å². The molecule has 0 radical (unpaired) electrons. The van der Waals surface area contributed by atoms with Gasteiger partial charge < -0.3 is 0 Å². The summed E-state index contributed by atoms with van der Waals surface area (Å²) in [6.07, 6.45) is 3.37. The second-order valence-electron chi connectivity index (χ2n) is 3.15. The van der Waals surface area contributed by atoms with Gasteiger partial charge in [-0.15, -0.1) is 0 Å². The number of nitrogens with zero attached hydrogens (tertiary/aromatic N) is 1. The van der Waals surface area contributed by atoms with Crippen molar-refractivity contribution in [2.24, 2.45) is 0 Å². The van der Waals surface area contributed by atoms with Crippen LogP contribution in [0.2, 0.25) is 0 Å². The quantitative estimate of drug-likeness (QED) is 0.667. The van der Waals surface area contributed by atoms with Crippen LogP contribution in [0.5, 0.6) is 0 Å². The minimum Gasteiger partial charge on any atom is -0.258 e. The average molecular weight is 163 g/mol. The molecule has 0 unspecified atom stereocenters. The number of hydrogen-bond acceptors (Lipinski definition) is 1. The van der Waals surface area contributed by atoms with E-state index in [-0.39, 0.29) is 0 Å². The lowest BCUT2D eigenvalue weighted by molar-refractivity contribution is 0.865. The first kappa shape index (κ1) is 9.24. The van der Waals surface area contributed by atoms with E-state index in [1.807, 2.05) is 0 Å². The predicted molar refractivity (Wildman–Crippen MR) is 52.3 cm³/mol. The van der Waals surface area contributed by atoms with Crippen LogP contribution in [0.4, 0.5) is 0 Å². The number of rotatable bonds is 3. The van der Waals surface area contributed by atoms with E-state index in [2.05, 4.69) is 37.9 Å². The minimum absolute atomic E-state index is 1.09. The van der Waals surface area contributed by atoms with E-state index in [4.69, 9.17) is 0 Å². The summed E-state index contributed by atoms with van der Waals surface area (Å²) in [6, 6.07) is 4.35. The summed E-state index contributed by atoms with van der Waals surface area (Å²) < 4.78 is 0. The highest BCUT2D eigenvalue weighted by atomic mass is 14.7. The third-order valence-electron chi connectivity index (χ3n) is 2.14. The van der Waals surface area contributed by atoms with Gasteiger partial charge in [0.05, 0.1) is 0 Å². The van der Waals surface area contributed by atoms with Gasteiger partial charge in [-0.25, -0.2) is 0 Å². The molecule has 66 valence electrons. The lowest BCUT2D eigenvalue weighted by Crippen LogP contribution is -1.95. The largest absolute Gasteiger partial charge is 0.258 e. The Labute approximate surface area is 74.8 Å². The predicted octanol–water partition coefficient (Wildman–Crippen LogP) is 2.90. The van der Waals surface area contributed by atoms with Crippen molar-refractivity contribution in [3.63, 3.8) is 0 Å². The van der Waals surface area contributed by atoms with Crippen molar-refractivity contribution < 1.29 is 0 Å². The zero-order valence-corrected chi connectivity index (χ0v) is 8.22. The average Bonchev–Trinajstić information content (AvgIpc) is 2.05. The van der Waals surface area contributed by atoms with Crippen molar-refractivity contribution in [1.29, 1.82) is 0 Å². The smallest absolute Gasteiger partial charge is 0.0407 e. The van der Waals surface area contributed by atoms with Crippen LogP contribution in [0.15, 0.2) is 12.1 Å². The van der Waals surface area contributed by atoms with E-state index in [1.165, 1.54) is 23.4 Å². The van der Waals surface area contributed by atoms with Crippen LogP contribution in [0.25, 0.3) is 0 Å². The number of aromatic nitrogens is 1. The Bertz CT molecular complexity index is 253. The van der Waals surface area contributed by atoms with Gasteiger partial charge in [0, 0.05) is 11.4 Å². The maximum absolute atomic E-state index is 4.53. The SMILES string of the molecule is CCCc1ccc(CC)c(C)n1. The fourth-order valence-corrected chi connectivity index (χ4v) is 1.41. The summed E-state index contributed by atoms with van der Waals surface area (Å²) in [6.45, 7) is 6.45. The highest BCUT2D eigenvalue weighted by Crippen LogP contribution is 2.08. The highest BCUT2D eigenvalue weighted by Gasteiger charge is 1.98. The van der Waals surface area contributed by atoms with Gasteiger partial charge in [0.15, 0.2) is 0 Å². The van der Waals surface area contributed by atoms with E-state index in [9.17, 15) is 0 Å². The molecular weight excluding hydrogens is 146 g/mol. The first-order valence-corrected chi connectivity index (χ1v) is 4.73. The normalized spacial score (nSPS) is 10.2. The Balaban J connectivity index is 2.86. The van der Waals surface area contributed by atoms with Gasteiger partial charge in [-0.3, -0.25) is 4.98 Å². The van der Waals surface area contributed by atoms with Gasteiger partial charge in [0.1, 0.15) is 0 Å². The van der Waals surface area contributed by atoms with E-state index in [0.717, 1.165) is 12.8 Å². The van der Waals surface area contributed by atoms with Crippen molar-refractivity contribution in [1.82, 2.24) is 4.98 Å². The molecule has 1 heteroatoms. The van der Waals surface area contributed by atoms with Crippen LogP contribution in [-0.2, 0) is 12.8 Å². The number of aryl methyl sites for hydroxylation is 3. The van der Waals surface area contributed by atoms with Gasteiger partial charge >= 0.3 is 0 Å². The van der Waals surface area contributed by atoms with Crippen LogP contribution < -0.4 is 0 Å². The summed E-state index contributed by atoms with van der Waals surface area (Å²) >= 11 is 0. The van der Waals surface area contributed by atoms with Crippen molar-refractivity contribution in [2.75, 3.05) is 0 Å². The molecule has 0 fully saturated rings. The molecule has 0 atom stereocenters. The molecule has 0 bridgehead atoms. The van der Waals surface area contributed by atoms with E-state index < -0.39 is 0 Å². The van der Waals surface area contributed by atoms with Crippen LogP contribution in [0, 0.1) is 6.92 Å². The fourth-order valence-electron chi connectivity index (χ4n) is 1.41. The molecule has 0 spiro atoms. The van der Waals surface area contributed by atoms with Crippen LogP contribution in [0.1, 0.15) is 37.2 Å². The summed E-state index contributed by atoms with van der Waals surface area (Å²) in [4.78, 5) is 4.53. The summed E-state index contributed by atoms with van der Waals surface area (Å²) in [7, 11) is 0. The van der Waals surface area contributed by atoms with E-state index in [0.29, 0.717) is 0 Å². The summed E-state index contributed by atoms with van der Waals surface area (Å²) in [5, 5.41) is 0. The fraction of sp³-hybridized carbons (Fsp3) is 0.545. The lowest BCUT2D eigenvalue weighted by Gasteiger charge is -2.04. The zero-order valence-electron chi connectivity index (χ0n) is 8.22. The number of hydrogen-bond donors (Lipinski definition) is 0. The Morgan fingerprint density at radius 2 is 2.00 bits per heavy atom. The van der Waals surface area contributed by atoms with Crippen molar-refractivity contribution >= 4 is 0 Å². The molecule has 0 N–H and O–H groups in total. The third-order valence-corrected chi connectivity index (χ3v) is 2.14. The molecule has 1 rings (SSSR count). The van der Waals surface area contributed by atoms with Gasteiger partial charge in [0.25, 0.3) is 0 Å². The highest BCUT2D eigenvalue weighted by molar-refractivity contribution is 5.21. The molecule has 0 aliphatic heterocycles. The Kier molecular flexibility index (Phi) is 3.27. The first-order chi connectivity index (χ1) is 5.77. The van der Waals surface area contributed by atoms with Gasteiger partial charge in [0.2, 0.25) is 0 Å². The standard InChI is InChI=1S/C11H17N/c1-4-6-11-8-7-10(5-2)9(3)12-11/h7-8H,4-6H2,1-3H3. The van der Waals surface area contributed by atoms with Gasteiger partial charge in [-0.1, -0.05) is 26.3 Å². The topological polar surface area (TPSA) is 12.9 Å². The second kappa shape index (κ2) is 4.24. The molecule has 0 saturated carbocycles. The van der Waals surface area contributed by atoms with Crippen molar-refractivity contribution in [2.45, 2.75) is 40.0 Å².